The topological polar surface area (TPSA) is 32.3 Å². The van der Waals surface area contributed by atoms with Gasteiger partial charge in [0.05, 0.1) is 6.42 Å². The number of amides is 1. The van der Waals surface area contributed by atoms with Gasteiger partial charge in [-0.25, -0.2) is 0 Å². The number of carbonyl (C=O) groups is 1. The second kappa shape index (κ2) is 5.82. The van der Waals surface area contributed by atoms with Gasteiger partial charge < -0.3 is 10.2 Å². The van der Waals surface area contributed by atoms with Crippen LogP contribution in [0.5, 0.6) is 0 Å². The van der Waals surface area contributed by atoms with Gasteiger partial charge in [0, 0.05) is 19.1 Å². The molecule has 3 nitrogen and oxygen atoms in total. The predicted molar refractivity (Wildman–Crippen MR) is 68.8 cm³/mol. The molecule has 1 N–H and O–H groups in total. The maximum atomic E-state index is 12.1. The number of hydrogen-bond donors (Lipinski definition) is 1. The Morgan fingerprint density at radius 1 is 1.29 bits per heavy atom. The molecule has 0 unspecified atom stereocenters. The van der Waals surface area contributed by atoms with E-state index in [0.29, 0.717) is 12.5 Å². The molecule has 2 rings (SSSR count). The van der Waals surface area contributed by atoms with Crippen molar-refractivity contribution in [1.29, 1.82) is 0 Å². The maximum absolute atomic E-state index is 12.1. The Kier molecular flexibility index (Phi) is 4.15. The summed E-state index contributed by atoms with van der Waals surface area (Å²) in [6, 6.07) is 10.5. The molecule has 3 heteroatoms. The number of benzene rings is 1. The van der Waals surface area contributed by atoms with Gasteiger partial charge in [-0.2, -0.15) is 0 Å². The first-order valence-corrected chi connectivity index (χ1v) is 6.28. The lowest BCUT2D eigenvalue weighted by Crippen LogP contribution is -2.44. The Balaban J connectivity index is 1.85. The van der Waals surface area contributed by atoms with Gasteiger partial charge in [0.15, 0.2) is 0 Å². The van der Waals surface area contributed by atoms with E-state index in [4.69, 9.17) is 0 Å². The highest BCUT2D eigenvalue weighted by Gasteiger charge is 2.21. The van der Waals surface area contributed by atoms with E-state index in [1.165, 1.54) is 0 Å². The average molecular weight is 232 g/mol. The summed E-state index contributed by atoms with van der Waals surface area (Å²) in [5.74, 6) is 0.255. The van der Waals surface area contributed by atoms with Gasteiger partial charge >= 0.3 is 0 Å². The van der Waals surface area contributed by atoms with Crippen LogP contribution < -0.4 is 5.32 Å². The third kappa shape index (κ3) is 3.30. The molecule has 1 aromatic carbocycles. The molecule has 0 aliphatic carbocycles. The smallest absolute Gasteiger partial charge is 0.226 e. The van der Waals surface area contributed by atoms with Gasteiger partial charge in [-0.3, -0.25) is 4.79 Å². The van der Waals surface area contributed by atoms with Crippen LogP contribution in [0.4, 0.5) is 0 Å². The van der Waals surface area contributed by atoms with E-state index < -0.39 is 0 Å². The monoisotopic (exact) mass is 232 g/mol. The van der Waals surface area contributed by atoms with E-state index in [2.05, 4.69) is 5.32 Å². The van der Waals surface area contributed by atoms with E-state index in [1.807, 2.05) is 42.3 Å². The Hall–Kier alpha value is -1.35. The standard InChI is InChI=1S/C14H20N2O/c1-15-13-7-9-16(10-8-13)14(17)11-12-5-3-2-4-6-12/h2-6,13,15H,7-11H2,1H3. The Morgan fingerprint density at radius 2 is 1.94 bits per heavy atom. The summed E-state index contributed by atoms with van der Waals surface area (Å²) in [7, 11) is 1.99. The summed E-state index contributed by atoms with van der Waals surface area (Å²) in [4.78, 5) is 14.1. The van der Waals surface area contributed by atoms with Crippen molar-refractivity contribution in [1.82, 2.24) is 10.2 Å². The fourth-order valence-electron chi connectivity index (χ4n) is 2.30. The fraction of sp³-hybridized carbons (Fsp3) is 0.500. The van der Waals surface area contributed by atoms with Crippen molar-refractivity contribution in [2.24, 2.45) is 0 Å². The average Bonchev–Trinajstić information content (AvgIpc) is 2.40. The fourth-order valence-corrected chi connectivity index (χ4v) is 2.30. The molecule has 1 aliphatic heterocycles. The predicted octanol–water partition coefficient (Wildman–Crippen LogP) is 1.44. The normalized spacial score (nSPS) is 17.1. The molecule has 0 bridgehead atoms. The van der Waals surface area contributed by atoms with E-state index in [1.54, 1.807) is 0 Å². The van der Waals surface area contributed by atoms with Crippen molar-refractivity contribution in [2.45, 2.75) is 25.3 Å². The third-order valence-electron chi connectivity index (χ3n) is 3.45. The SMILES string of the molecule is CNC1CCN(C(=O)Cc2ccccc2)CC1. The van der Waals surface area contributed by atoms with Crippen molar-refractivity contribution in [2.75, 3.05) is 20.1 Å². The molecule has 0 saturated carbocycles. The summed E-state index contributed by atoms with van der Waals surface area (Å²) in [6.07, 6.45) is 2.67. The highest BCUT2D eigenvalue weighted by atomic mass is 16.2. The minimum atomic E-state index is 0.255. The summed E-state index contributed by atoms with van der Waals surface area (Å²) in [6.45, 7) is 1.77. The molecule has 0 aromatic heterocycles. The first-order valence-electron chi connectivity index (χ1n) is 6.28. The lowest BCUT2D eigenvalue weighted by molar-refractivity contribution is -0.131. The highest BCUT2D eigenvalue weighted by Crippen LogP contribution is 2.12. The summed E-state index contributed by atoms with van der Waals surface area (Å²) >= 11 is 0. The first kappa shape index (κ1) is 12.1. The number of hydrogen-bond acceptors (Lipinski definition) is 2. The van der Waals surface area contributed by atoms with E-state index >= 15 is 0 Å². The molecule has 1 aliphatic rings. The number of carbonyl (C=O) groups excluding carboxylic acids is 1. The zero-order valence-electron chi connectivity index (χ0n) is 10.4. The van der Waals surface area contributed by atoms with Crippen molar-refractivity contribution in [3.8, 4) is 0 Å². The second-order valence-electron chi connectivity index (χ2n) is 4.61. The quantitative estimate of drug-likeness (QED) is 0.855. The number of likely N-dealkylation sites (tertiary alicyclic amines) is 1. The van der Waals surface area contributed by atoms with E-state index in [0.717, 1.165) is 31.5 Å². The molecule has 17 heavy (non-hydrogen) atoms. The zero-order chi connectivity index (χ0) is 12.1. The minimum Gasteiger partial charge on any atom is -0.342 e. The third-order valence-corrected chi connectivity index (χ3v) is 3.45. The molecule has 92 valence electrons. The molecule has 1 amide bonds. The molecule has 0 radical (unpaired) electrons. The van der Waals surface area contributed by atoms with Crippen LogP contribution in [0.3, 0.4) is 0 Å². The molecule has 1 heterocycles. The van der Waals surface area contributed by atoms with Crippen LogP contribution in [-0.4, -0.2) is 37.0 Å². The van der Waals surface area contributed by atoms with Crippen molar-refractivity contribution in [3.63, 3.8) is 0 Å². The summed E-state index contributed by atoms with van der Waals surface area (Å²) in [5.41, 5.74) is 1.10. The Morgan fingerprint density at radius 3 is 2.53 bits per heavy atom. The number of piperidine rings is 1. The van der Waals surface area contributed by atoms with Crippen molar-refractivity contribution < 1.29 is 4.79 Å². The van der Waals surface area contributed by atoms with Crippen LogP contribution >= 0.6 is 0 Å². The largest absolute Gasteiger partial charge is 0.342 e. The van der Waals surface area contributed by atoms with Crippen LogP contribution in [0.25, 0.3) is 0 Å². The molecule has 1 aromatic rings. The van der Waals surface area contributed by atoms with Gasteiger partial charge in [-0.1, -0.05) is 30.3 Å². The van der Waals surface area contributed by atoms with Crippen molar-refractivity contribution in [3.05, 3.63) is 35.9 Å². The summed E-state index contributed by atoms with van der Waals surface area (Å²) in [5, 5.41) is 3.28. The van der Waals surface area contributed by atoms with Crippen molar-refractivity contribution >= 4 is 5.91 Å². The first-order chi connectivity index (χ1) is 8.29. The molecular formula is C14H20N2O. The molecular weight excluding hydrogens is 212 g/mol. The lowest BCUT2D eigenvalue weighted by atomic mass is 10.0. The van der Waals surface area contributed by atoms with Gasteiger partial charge in [-0.05, 0) is 25.5 Å². The van der Waals surface area contributed by atoms with Crippen LogP contribution in [0.2, 0.25) is 0 Å². The lowest BCUT2D eigenvalue weighted by Gasteiger charge is -2.31. The van der Waals surface area contributed by atoms with Gasteiger partial charge in [0.25, 0.3) is 0 Å². The molecule has 1 fully saturated rings. The van der Waals surface area contributed by atoms with Crippen LogP contribution in [0, 0.1) is 0 Å². The van der Waals surface area contributed by atoms with Gasteiger partial charge in [0.1, 0.15) is 0 Å². The number of rotatable bonds is 3. The second-order valence-corrected chi connectivity index (χ2v) is 4.61. The number of nitrogens with one attached hydrogen (secondary N) is 1. The van der Waals surface area contributed by atoms with Crippen LogP contribution in [-0.2, 0) is 11.2 Å². The minimum absolute atomic E-state index is 0.255. The number of nitrogens with zero attached hydrogens (tertiary/aromatic N) is 1. The van der Waals surface area contributed by atoms with Crippen LogP contribution in [0.1, 0.15) is 18.4 Å². The Bertz CT molecular complexity index is 356. The zero-order valence-corrected chi connectivity index (χ0v) is 10.4. The van der Waals surface area contributed by atoms with Gasteiger partial charge in [-0.15, -0.1) is 0 Å². The molecule has 0 spiro atoms. The maximum Gasteiger partial charge on any atom is 0.226 e. The van der Waals surface area contributed by atoms with E-state index in [-0.39, 0.29) is 5.91 Å². The van der Waals surface area contributed by atoms with Gasteiger partial charge in [0.2, 0.25) is 5.91 Å². The Labute approximate surface area is 103 Å². The van der Waals surface area contributed by atoms with Crippen LogP contribution in [0.15, 0.2) is 30.3 Å². The van der Waals surface area contributed by atoms with E-state index in [9.17, 15) is 4.79 Å². The molecule has 1 saturated heterocycles. The summed E-state index contributed by atoms with van der Waals surface area (Å²) < 4.78 is 0. The highest BCUT2D eigenvalue weighted by molar-refractivity contribution is 5.78. The molecule has 0 atom stereocenters.